The van der Waals surface area contributed by atoms with Crippen LogP contribution in [0.1, 0.15) is 5.56 Å². The molecule has 0 unspecified atom stereocenters. The van der Waals surface area contributed by atoms with Gasteiger partial charge in [0.25, 0.3) is 0 Å². The van der Waals surface area contributed by atoms with E-state index in [2.05, 4.69) is 5.32 Å². The lowest BCUT2D eigenvalue weighted by molar-refractivity contribution is 0.208. The number of amides is 2. The van der Waals surface area contributed by atoms with Gasteiger partial charge in [-0.3, -0.25) is 0 Å². The molecular weight excluding hydrogens is 178 g/mol. The first-order valence-corrected chi connectivity index (χ1v) is 4.65. The van der Waals surface area contributed by atoms with Gasteiger partial charge >= 0.3 is 6.03 Å². The van der Waals surface area contributed by atoms with Crippen LogP contribution in [-0.2, 0) is 6.54 Å². The quantitative estimate of drug-likeness (QED) is 0.732. The summed E-state index contributed by atoms with van der Waals surface area (Å²) in [6.07, 6.45) is 0. The summed E-state index contributed by atoms with van der Waals surface area (Å²) in [6.45, 7) is 1.75. The highest BCUT2D eigenvalue weighted by Gasteiger charge is 2.20. The number of nitrogens with zero attached hydrogens (tertiary/aromatic N) is 1. The first kappa shape index (κ1) is 9.02. The van der Waals surface area contributed by atoms with Crippen molar-refractivity contribution in [3.05, 3.63) is 29.8 Å². The number of fused-ring (bicyclic) bond motifs is 1. The Morgan fingerprint density at radius 1 is 1.43 bits per heavy atom. The first-order valence-electron chi connectivity index (χ1n) is 4.65. The van der Waals surface area contributed by atoms with E-state index in [0.29, 0.717) is 19.6 Å². The summed E-state index contributed by atoms with van der Waals surface area (Å²) in [5.74, 6) is 0. The summed E-state index contributed by atoms with van der Waals surface area (Å²) in [5, 5.41) is 2.83. The molecule has 0 saturated carbocycles. The monoisotopic (exact) mass is 191 g/mol. The Balaban J connectivity index is 2.22. The van der Waals surface area contributed by atoms with Gasteiger partial charge in [0.2, 0.25) is 0 Å². The molecule has 1 aliphatic heterocycles. The molecule has 3 N–H and O–H groups in total. The smallest absolute Gasteiger partial charge is 0.322 e. The molecule has 1 aliphatic rings. The minimum atomic E-state index is -0.0610. The summed E-state index contributed by atoms with van der Waals surface area (Å²) in [7, 11) is 0. The minimum absolute atomic E-state index is 0.0610. The normalized spacial score (nSPS) is 14.9. The Morgan fingerprint density at radius 3 is 3.00 bits per heavy atom. The second-order valence-corrected chi connectivity index (χ2v) is 3.30. The van der Waals surface area contributed by atoms with Crippen molar-refractivity contribution in [2.45, 2.75) is 6.54 Å². The summed E-state index contributed by atoms with van der Waals surface area (Å²) in [6, 6.07) is 7.74. The van der Waals surface area contributed by atoms with Crippen molar-refractivity contribution in [3.8, 4) is 0 Å². The van der Waals surface area contributed by atoms with Crippen LogP contribution >= 0.6 is 0 Å². The van der Waals surface area contributed by atoms with E-state index in [0.717, 1.165) is 11.3 Å². The molecule has 0 bridgehead atoms. The molecule has 2 rings (SSSR count). The summed E-state index contributed by atoms with van der Waals surface area (Å²) in [5.41, 5.74) is 7.47. The van der Waals surface area contributed by atoms with Gasteiger partial charge in [-0.15, -0.1) is 0 Å². The van der Waals surface area contributed by atoms with Gasteiger partial charge in [-0.2, -0.15) is 0 Å². The zero-order chi connectivity index (χ0) is 9.97. The number of nitrogens with two attached hydrogens (primary N) is 1. The molecule has 0 radical (unpaired) electrons. The maximum Gasteiger partial charge on any atom is 0.322 e. The molecule has 1 heterocycles. The topological polar surface area (TPSA) is 58.4 Å². The number of carbonyl (C=O) groups excluding carboxylic acids is 1. The van der Waals surface area contributed by atoms with Crippen molar-refractivity contribution >= 4 is 11.7 Å². The van der Waals surface area contributed by atoms with Crippen LogP contribution in [0.25, 0.3) is 0 Å². The van der Waals surface area contributed by atoms with Gasteiger partial charge in [-0.25, -0.2) is 4.79 Å². The van der Waals surface area contributed by atoms with Gasteiger partial charge in [0.1, 0.15) is 0 Å². The lowest BCUT2D eigenvalue weighted by Crippen LogP contribution is -2.41. The van der Waals surface area contributed by atoms with Crippen molar-refractivity contribution in [2.75, 3.05) is 18.4 Å². The number of para-hydroxylation sites is 1. The Kier molecular flexibility index (Phi) is 2.37. The molecule has 0 spiro atoms. The molecule has 0 saturated heterocycles. The van der Waals surface area contributed by atoms with Crippen LogP contribution in [0, 0.1) is 0 Å². The average molecular weight is 191 g/mol. The molecule has 1 aromatic carbocycles. The van der Waals surface area contributed by atoms with Crippen molar-refractivity contribution < 1.29 is 4.79 Å². The van der Waals surface area contributed by atoms with Crippen LogP contribution in [0.3, 0.4) is 0 Å². The van der Waals surface area contributed by atoms with Gasteiger partial charge in [-0.1, -0.05) is 18.2 Å². The van der Waals surface area contributed by atoms with Crippen molar-refractivity contribution in [2.24, 2.45) is 5.73 Å². The number of nitrogens with one attached hydrogen (secondary N) is 1. The van der Waals surface area contributed by atoms with E-state index >= 15 is 0 Å². The molecule has 14 heavy (non-hydrogen) atoms. The molecule has 4 heteroatoms. The zero-order valence-electron chi connectivity index (χ0n) is 7.86. The van der Waals surface area contributed by atoms with Crippen LogP contribution < -0.4 is 11.1 Å². The molecule has 0 aliphatic carbocycles. The van der Waals surface area contributed by atoms with Gasteiger partial charge in [0.05, 0.1) is 0 Å². The van der Waals surface area contributed by atoms with Crippen molar-refractivity contribution in [1.29, 1.82) is 0 Å². The predicted molar refractivity (Wildman–Crippen MR) is 54.9 cm³/mol. The van der Waals surface area contributed by atoms with E-state index < -0.39 is 0 Å². The predicted octanol–water partition coefficient (Wildman–Crippen LogP) is 0.993. The molecule has 4 nitrogen and oxygen atoms in total. The van der Waals surface area contributed by atoms with E-state index in [1.807, 2.05) is 24.3 Å². The third-order valence-corrected chi connectivity index (χ3v) is 2.31. The van der Waals surface area contributed by atoms with Crippen molar-refractivity contribution in [3.63, 3.8) is 0 Å². The number of carbonyl (C=O) groups is 1. The van der Waals surface area contributed by atoms with Crippen LogP contribution in [0.4, 0.5) is 10.5 Å². The van der Waals surface area contributed by atoms with Gasteiger partial charge < -0.3 is 16.0 Å². The van der Waals surface area contributed by atoms with Crippen LogP contribution in [0.5, 0.6) is 0 Å². The van der Waals surface area contributed by atoms with Crippen LogP contribution in [-0.4, -0.2) is 24.0 Å². The fourth-order valence-corrected chi connectivity index (χ4v) is 1.59. The number of anilines is 1. The highest BCUT2D eigenvalue weighted by molar-refractivity contribution is 5.92. The lowest BCUT2D eigenvalue weighted by atomic mass is 10.1. The molecule has 1 aromatic rings. The Hall–Kier alpha value is -1.55. The number of hydrogen-bond donors (Lipinski definition) is 2. The summed E-state index contributed by atoms with van der Waals surface area (Å²) in [4.78, 5) is 13.2. The standard InChI is InChI=1S/C10H13N3O/c11-5-6-13-7-8-3-1-2-4-9(8)12-10(13)14/h1-4H,5-7,11H2,(H,12,14). The zero-order valence-corrected chi connectivity index (χ0v) is 7.86. The Morgan fingerprint density at radius 2 is 2.21 bits per heavy atom. The van der Waals surface area contributed by atoms with E-state index in [1.54, 1.807) is 4.90 Å². The van der Waals surface area contributed by atoms with E-state index in [-0.39, 0.29) is 6.03 Å². The number of urea groups is 1. The second kappa shape index (κ2) is 3.67. The Labute approximate surface area is 82.7 Å². The van der Waals surface area contributed by atoms with E-state index in [4.69, 9.17) is 5.73 Å². The molecule has 0 atom stereocenters. The SMILES string of the molecule is NCCN1Cc2ccccc2NC1=O. The maximum absolute atomic E-state index is 11.5. The largest absolute Gasteiger partial charge is 0.329 e. The third-order valence-electron chi connectivity index (χ3n) is 2.31. The molecule has 0 aromatic heterocycles. The van der Waals surface area contributed by atoms with Crippen LogP contribution in [0.2, 0.25) is 0 Å². The summed E-state index contributed by atoms with van der Waals surface area (Å²) < 4.78 is 0. The first-order chi connectivity index (χ1) is 6.81. The third kappa shape index (κ3) is 1.56. The molecule has 0 fully saturated rings. The Bertz CT molecular complexity index is 351. The van der Waals surface area contributed by atoms with Gasteiger partial charge in [0.15, 0.2) is 0 Å². The van der Waals surface area contributed by atoms with E-state index in [9.17, 15) is 4.79 Å². The highest BCUT2D eigenvalue weighted by atomic mass is 16.2. The van der Waals surface area contributed by atoms with Gasteiger partial charge in [-0.05, 0) is 11.6 Å². The van der Waals surface area contributed by atoms with Crippen molar-refractivity contribution in [1.82, 2.24) is 4.90 Å². The van der Waals surface area contributed by atoms with E-state index in [1.165, 1.54) is 0 Å². The maximum atomic E-state index is 11.5. The molecule has 2 amide bonds. The number of hydrogen-bond acceptors (Lipinski definition) is 2. The second-order valence-electron chi connectivity index (χ2n) is 3.30. The number of rotatable bonds is 2. The number of benzene rings is 1. The fourth-order valence-electron chi connectivity index (χ4n) is 1.59. The highest BCUT2D eigenvalue weighted by Crippen LogP contribution is 2.21. The van der Waals surface area contributed by atoms with Crippen LogP contribution in [0.15, 0.2) is 24.3 Å². The molecule has 74 valence electrons. The fraction of sp³-hybridized carbons (Fsp3) is 0.300. The lowest BCUT2D eigenvalue weighted by Gasteiger charge is -2.28. The minimum Gasteiger partial charge on any atom is -0.329 e. The average Bonchev–Trinajstić information content (AvgIpc) is 2.19. The van der Waals surface area contributed by atoms with Gasteiger partial charge in [0, 0.05) is 25.3 Å². The molecular formula is C10H13N3O. The summed E-state index contributed by atoms with van der Waals surface area (Å²) >= 11 is 0.